The standard InChI is InChI=1S/C14H16FNO3/c15-9-4-3-5-10(8-9)16-13(17)11-6-1-2-7-12(11)14(18)19/h3-5,8,11-12H,1-2,6-7H2,(H,16,17)(H,18,19). The van der Waals surface area contributed by atoms with Crippen LogP contribution < -0.4 is 5.32 Å². The molecule has 1 amide bonds. The van der Waals surface area contributed by atoms with Gasteiger partial charge in [-0.15, -0.1) is 0 Å². The van der Waals surface area contributed by atoms with Gasteiger partial charge in [0.15, 0.2) is 0 Å². The highest BCUT2D eigenvalue weighted by Gasteiger charge is 2.35. The summed E-state index contributed by atoms with van der Waals surface area (Å²) in [5.41, 5.74) is 0.361. The molecule has 1 saturated carbocycles. The van der Waals surface area contributed by atoms with Crippen LogP contribution in [0.3, 0.4) is 0 Å². The van der Waals surface area contributed by atoms with Crippen molar-refractivity contribution in [1.29, 1.82) is 0 Å². The van der Waals surface area contributed by atoms with Crippen LogP contribution in [0.5, 0.6) is 0 Å². The van der Waals surface area contributed by atoms with Crippen molar-refractivity contribution in [3.05, 3.63) is 30.1 Å². The van der Waals surface area contributed by atoms with E-state index in [2.05, 4.69) is 5.32 Å². The zero-order valence-electron chi connectivity index (χ0n) is 10.4. The second kappa shape index (κ2) is 5.82. The van der Waals surface area contributed by atoms with Gasteiger partial charge in [-0.25, -0.2) is 4.39 Å². The molecule has 2 unspecified atom stereocenters. The van der Waals surface area contributed by atoms with Crippen LogP contribution in [-0.4, -0.2) is 17.0 Å². The van der Waals surface area contributed by atoms with E-state index in [1.807, 2.05) is 0 Å². The second-order valence-corrected chi connectivity index (χ2v) is 4.84. The molecule has 1 aliphatic rings. The molecule has 19 heavy (non-hydrogen) atoms. The Balaban J connectivity index is 2.07. The van der Waals surface area contributed by atoms with Crippen molar-refractivity contribution in [3.8, 4) is 0 Å². The van der Waals surface area contributed by atoms with Crippen LogP contribution in [0.2, 0.25) is 0 Å². The molecule has 0 aliphatic heterocycles. The minimum Gasteiger partial charge on any atom is -0.481 e. The maximum Gasteiger partial charge on any atom is 0.307 e. The van der Waals surface area contributed by atoms with E-state index >= 15 is 0 Å². The number of carboxylic acid groups (broad SMARTS) is 1. The lowest BCUT2D eigenvalue weighted by Gasteiger charge is -2.27. The summed E-state index contributed by atoms with van der Waals surface area (Å²) in [6.45, 7) is 0. The van der Waals surface area contributed by atoms with Gasteiger partial charge in [0.2, 0.25) is 5.91 Å². The largest absolute Gasteiger partial charge is 0.481 e. The van der Waals surface area contributed by atoms with Crippen molar-refractivity contribution in [2.24, 2.45) is 11.8 Å². The van der Waals surface area contributed by atoms with Gasteiger partial charge in [-0.1, -0.05) is 18.9 Å². The molecule has 0 bridgehead atoms. The van der Waals surface area contributed by atoms with Crippen LogP contribution in [-0.2, 0) is 9.59 Å². The zero-order chi connectivity index (χ0) is 13.8. The Kier molecular flexibility index (Phi) is 4.14. The molecule has 2 rings (SSSR count). The van der Waals surface area contributed by atoms with Crippen molar-refractivity contribution >= 4 is 17.6 Å². The van der Waals surface area contributed by atoms with Crippen molar-refractivity contribution in [2.45, 2.75) is 25.7 Å². The second-order valence-electron chi connectivity index (χ2n) is 4.84. The Morgan fingerprint density at radius 3 is 2.53 bits per heavy atom. The summed E-state index contributed by atoms with van der Waals surface area (Å²) in [6.07, 6.45) is 2.78. The maximum absolute atomic E-state index is 13.0. The van der Waals surface area contributed by atoms with E-state index in [-0.39, 0.29) is 5.91 Å². The molecule has 2 N–H and O–H groups in total. The van der Waals surface area contributed by atoms with Gasteiger partial charge >= 0.3 is 5.97 Å². The smallest absolute Gasteiger partial charge is 0.307 e. The monoisotopic (exact) mass is 265 g/mol. The van der Waals surface area contributed by atoms with Gasteiger partial charge in [-0.2, -0.15) is 0 Å². The summed E-state index contributed by atoms with van der Waals surface area (Å²) in [5, 5.41) is 11.7. The summed E-state index contributed by atoms with van der Waals surface area (Å²) < 4.78 is 13.0. The average molecular weight is 265 g/mol. The normalized spacial score (nSPS) is 22.8. The van der Waals surface area contributed by atoms with Gasteiger partial charge in [0.25, 0.3) is 0 Å². The highest BCUT2D eigenvalue weighted by atomic mass is 19.1. The van der Waals surface area contributed by atoms with E-state index in [1.54, 1.807) is 6.07 Å². The molecule has 0 radical (unpaired) electrons. The SMILES string of the molecule is O=C(O)C1CCCCC1C(=O)Nc1cccc(F)c1. The summed E-state index contributed by atoms with van der Waals surface area (Å²) in [7, 11) is 0. The zero-order valence-corrected chi connectivity index (χ0v) is 10.4. The summed E-state index contributed by atoms with van der Waals surface area (Å²) >= 11 is 0. The fourth-order valence-corrected chi connectivity index (χ4v) is 2.54. The lowest BCUT2D eigenvalue weighted by Crippen LogP contribution is -2.36. The van der Waals surface area contributed by atoms with E-state index < -0.39 is 23.6 Å². The number of amides is 1. The summed E-state index contributed by atoms with van der Waals surface area (Å²) in [4.78, 5) is 23.2. The first kappa shape index (κ1) is 13.5. The minimum atomic E-state index is -0.931. The number of hydrogen-bond acceptors (Lipinski definition) is 2. The highest BCUT2D eigenvalue weighted by Crippen LogP contribution is 2.31. The number of halogens is 1. The maximum atomic E-state index is 13.0. The third-order valence-electron chi connectivity index (χ3n) is 3.51. The molecule has 4 nitrogen and oxygen atoms in total. The van der Waals surface area contributed by atoms with Gasteiger partial charge in [0, 0.05) is 5.69 Å². The molecule has 5 heteroatoms. The van der Waals surface area contributed by atoms with Gasteiger partial charge in [0.05, 0.1) is 11.8 Å². The first-order valence-corrected chi connectivity index (χ1v) is 6.37. The molecular weight excluding hydrogens is 249 g/mol. The molecule has 1 aliphatic carbocycles. The van der Waals surface area contributed by atoms with Crippen molar-refractivity contribution in [3.63, 3.8) is 0 Å². The fourth-order valence-electron chi connectivity index (χ4n) is 2.54. The third kappa shape index (κ3) is 3.30. The predicted octanol–water partition coefficient (Wildman–Crippen LogP) is 2.66. The van der Waals surface area contributed by atoms with E-state index in [9.17, 15) is 14.0 Å². The lowest BCUT2D eigenvalue weighted by atomic mass is 9.78. The number of hydrogen-bond donors (Lipinski definition) is 2. The number of anilines is 1. The Hall–Kier alpha value is -1.91. The molecule has 0 heterocycles. The summed E-state index contributed by atoms with van der Waals surface area (Å²) in [6, 6.07) is 5.59. The first-order valence-electron chi connectivity index (χ1n) is 6.37. The van der Waals surface area contributed by atoms with Crippen LogP contribution in [0, 0.1) is 17.7 Å². The molecular formula is C14H16FNO3. The molecule has 2 atom stereocenters. The Morgan fingerprint density at radius 1 is 1.21 bits per heavy atom. The number of carbonyl (C=O) groups excluding carboxylic acids is 1. The molecule has 1 aromatic carbocycles. The molecule has 0 saturated heterocycles. The van der Waals surface area contributed by atoms with Crippen LogP contribution >= 0.6 is 0 Å². The van der Waals surface area contributed by atoms with Crippen molar-refractivity contribution in [1.82, 2.24) is 0 Å². The van der Waals surface area contributed by atoms with Gasteiger partial charge in [0.1, 0.15) is 5.82 Å². The van der Waals surface area contributed by atoms with Crippen LogP contribution in [0.25, 0.3) is 0 Å². The quantitative estimate of drug-likeness (QED) is 0.883. The molecule has 1 aromatic rings. The van der Waals surface area contributed by atoms with Crippen molar-refractivity contribution in [2.75, 3.05) is 5.32 Å². The Bertz CT molecular complexity index is 489. The number of carbonyl (C=O) groups is 2. The van der Waals surface area contributed by atoms with E-state index in [4.69, 9.17) is 5.11 Å². The summed E-state index contributed by atoms with van der Waals surface area (Å²) in [5.74, 6) is -2.87. The minimum absolute atomic E-state index is 0.335. The Labute approximate surface area is 110 Å². The number of rotatable bonds is 3. The van der Waals surface area contributed by atoms with Crippen LogP contribution in [0.1, 0.15) is 25.7 Å². The molecule has 1 fully saturated rings. The van der Waals surface area contributed by atoms with Crippen molar-refractivity contribution < 1.29 is 19.1 Å². The Morgan fingerprint density at radius 2 is 1.89 bits per heavy atom. The van der Waals surface area contributed by atoms with Crippen LogP contribution in [0.15, 0.2) is 24.3 Å². The molecule has 102 valence electrons. The third-order valence-corrected chi connectivity index (χ3v) is 3.51. The number of nitrogens with one attached hydrogen (secondary N) is 1. The lowest BCUT2D eigenvalue weighted by molar-refractivity contribution is -0.147. The molecule has 0 spiro atoms. The number of carboxylic acids is 1. The average Bonchev–Trinajstić information content (AvgIpc) is 2.38. The van der Waals surface area contributed by atoms with Gasteiger partial charge < -0.3 is 10.4 Å². The van der Waals surface area contributed by atoms with Crippen LogP contribution in [0.4, 0.5) is 10.1 Å². The van der Waals surface area contributed by atoms with E-state index in [0.717, 1.165) is 12.8 Å². The predicted molar refractivity (Wildman–Crippen MR) is 68.1 cm³/mol. The highest BCUT2D eigenvalue weighted by molar-refractivity contribution is 5.95. The van der Waals surface area contributed by atoms with E-state index in [1.165, 1.54) is 18.2 Å². The van der Waals surface area contributed by atoms with E-state index in [0.29, 0.717) is 18.5 Å². The topological polar surface area (TPSA) is 66.4 Å². The fraction of sp³-hybridized carbons (Fsp3) is 0.429. The van der Waals surface area contributed by atoms with Gasteiger partial charge in [-0.3, -0.25) is 9.59 Å². The first-order chi connectivity index (χ1) is 9.08. The number of aliphatic carboxylic acids is 1. The molecule has 0 aromatic heterocycles. The van der Waals surface area contributed by atoms with Gasteiger partial charge in [-0.05, 0) is 31.0 Å². The number of benzene rings is 1.